The number of phosphoric ester groups is 1. The van der Waals surface area contributed by atoms with E-state index in [4.69, 9.17) is 18.5 Å². The van der Waals surface area contributed by atoms with Crippen LogP contribution in [0.3, 0.4) is 0 Å². The van der Waals surface area contributed by atoms with Crippen LogP contribution in [0.4, 0.5) is 0 Å². The van der Waals surface area contributed by atoms with Crippen molar-refractivity contribution in [2.45, 2.75) is 277 Å². The first kappa shape index (κ1) is 66.2. The second-order valence-corrected chi connectivity index (χ2v) is 22.1. The van der Waals surface area contributed by atoms with Crippen molar-refractivity contribution in [2.75, 3.05) is 47.5 Å². The fourth-order valence-electron chi connectivity index (χ4n) is 8.15. The number of rotatable bonds is 53. The van der Waals surface area contributed by atoms with Crippen LogP contribution >= 0.6 is 7.82 Å². The van der Waals surface area contributed by atoms with E-state index in [2.05, 4.69) is 50.3 Å². The molecule has 0 saturated heterocycles. The Balaban J connectivity index is 4.08. The minimum absolute atomic E-state index is 0.0307. The molecule has 0 aromatic rings. The summed E-state index contributed by atoms with van der Waals surface area (Å²) in [6.45, 7) is 4.24. The molecule has 0 spiro atoms. The Morgan fingerprint density at radius 2 is 0.794 bits per heavy atom. The number of nitrogens with zero attached hydrogens (tertiary/aromatic N) is 1. The number of likely N-dealkylation sites (N-methyl/N-ethyl adjacent to an activating group) is 1. The average molecular weight is 980 g/mol. The van der Waals surface area contributed by atoms with Crippen LogP contribution in [0, 0.1) is 0 Å². The molecule has 400 valence electrons. The quantitative estimate of drug-likeness (QED) is 0.0195. The number of phosphoric acid groups is 1. The lowest BCUT2D eigenvalue weighted by Crippen LogP contribution is -2.37. The van der Waals surface area contributed by atoms with E-state index in [1.807, 2.05) is 21.1 Å². The first-order valence-corrected chi connectivity index (χ1v) is 30.2. The SMILES string of the molecule is CCCCCCC/C=C\C/C=C\CCCCCCCCCCCCCCCCCCCC(=O)OC(COC(=O)CCCCCCC/C=C\CCCCCCCC)COP(=O)([O-])OCC[N+](C)(C)C. The Morgan fingerprint density at radius 3 is 1.18 bits per heavy atom. The maximum atomic E-state index is 12.8. The monoisotopic (exact) mass is 980 g/mol. The second kappa shape index (κ2) is 50.2. The summed E-state index contributed by atoms with van der Waals surface area (Å²) in [5.41, 5.74) is 0. The zero-order valence-electron chi connectivity index (χ0n) is 45.3. The van der Waals surface area contributed by atoms with Gasteiger partial charge in [-0.25, -0.2) is 0 Å². The summed E-state index contributed by atoms with van der Waals surface area (Å²) in [7, 11) is 1.17. The zero-order chi connectivity index (χ0) is 49.9. The van der Waals surface area contributed by atoms with Crippen LogP contribution in [0.15, 0.2) is 36.5 Å². The van der Waals surface area contributed by atoms with Gasteiger partial charge >= 0.3 is 11.9 Å². The lowest BCUT2D eigenvalue weighted by atomic mass is 10.0. The van der Waals surface area contributed by atoms with Gasteiger partial charge in [-0.2, -0.15) is 0 Å². The molecule has 0 heterocycles. The first-order valence-electron chi connectivity index (χ1n) is 28.7. The van der Waals surface area contributed by atoms with E-state index in [-0.39, 0.29) is 32.0 Å². The Morgan fingerprint density at radius 1 is 0.456 bits per heavy atom. The number of unbranched alkanes of at least 4 members (excludes halogenated alkanes) is 33. The molecule has 2 unspecified atom stereocenters. The molecule has 0 amide bonds. The van der Waals surface area contributed by atoms with Crippen molar-refractivity contribution in [3.8, 4) is 0 Å². The fraction of sp³-hybridized carbons (Fsp3) is 0.862. The number of hydrogen-bond donors (Lipinski definition) is 0. The maximum absolute atomic E-state index is 12.8. The summed E-state index contributed by atoms with van der Waals surface area (Å²) < 4.78 is 34.1. The molecule has 0 rings (SSSR count). The largest absolute Gasteiger partial charge is 0.756 e. The van der Waals surface area contributed by atoms with Gasteiger partial charge in [-0.1, -0.05) is 224 Å². The molecule has 0 fully saturated rings. The summed E-state index contributed by atoms with van der Waals surface area (Å²) in [4.78, 5) is 37.8. The van der Waals surface area contributed by atoms with E-state index in [1.54, 1.807) is 0 Å². The van der Waals surface area contributed by atoms with Crippen LogP contribution < -0.4 is 4.89 Å². The highest BCUT2D eigenvalue weighted by atomic mass is 31.2. The van der Waals surface area contributed by atoms with E-state index in [0.717, 1.165) is 64.2 Å². The second-order valence-electron chi connectivity index (χ2n) is 20.6. The lowest BCUT2D eigenvalue weighted by molar-refractivity contribution is -0.870. The predicted molar refractivity (Wildman–Crippen MR) is 287 cm³/mol. The number of hydrogen-bond acceptors (Lipinski definition) is 8. The van der Waals surface area contributed by atoms with Crippen LogP contribution in [0.25, 0.3) is 0 Å². The normalized spacial score (nSPS) is 13.6. The third-order valence-corrected chi connectivity index (χ3v) is 13.6. The van der Waals surface area contributed by atoms with Crippen molar-refractivity contribution in [3.63, 3.8) is 0 Å². The summed E-state index contributed by atoms with van der Waals surface area (Å²) in [5.74, 6) is -0.833. The summed E-state index contributed by atoms with van der Waals surface area (Å²) in [5, 5.41) is 0. The number of esters is 2. The number of carbonyl (C=O) groups excluding carboxylic acids is 2. The van der Waals surface area contributed by atoms with E-state index in [0.29, 0.717) is 17.4 Å². The van der Waals surface area contributed by atoms with Crippen LogP contribution in [-0.2, 0) is 32.7 Å². The molecular weight excluding hydrogens is 870 g/mol. The van der Waals surface area contributed by atoms with Crippen LogP contribution in [0.5, 0.6) is 0 Å². The first-order chi connectivity index (χ1) is 33.0. The van der Waals surface area contributed by atoms with Gasteiger partial charge in [-0.15, -0.1) is 0 Å². The van der Waals surface area contributed by atoms with Gasteiger partial charge in [0.2, 0.25) is 0 Å². The molecule has 0 aliphatic heterocycles. The molecule has 0 bridgehead atoms. The van der Waals surface area contributed by atoms with Crippen LogP contribution in [-0.4, -0.2) is 70.0 Å². The number of ether oxygens (including phenoxy) is 2. The highest BCUT2D eigenvalue weighted by Crippen LogP contribution is 2.38. The highest BCUT2D eigenvalue weighted by Gasteiger charge is 2.22. The van der Waals surface area contributed by atoms with Crippen molar-refractivity contribution in [1.82, 2.24) is 0 Å². The molecule has 0 saturated carbocycles. The molecule has 9 nitrogen and oxygen atoms in total. The molecule has 0 aromatic heterocycles. The van der Waals surface area contributed by atoms with Crippen molar-refractivity contribution in [3.05, 3.63) is 36.5 Å². The number of allylic oxidation sites excluding steroid dienone is 6. The van der Waals surface area contributed by atoms with Gasteiger partial charge < -0.3 is 27.9 Å². The molecule has 68 heavy (non-hydrogen) atoms. The minimum atomic E-state index is -4.63. The van der Waals surface area contributed by atoms with Crippen molar-refractivity contribution < 1.29 is 42.1 Å². The molecular formula is C58H110NO8P. The highest BCUT2D eigenvalue weighted by molar-refractivity contribution is 7.45. The van der Waals surface area contributed by atoms with E-state index >= 15 is 0 Å². The third-order valence-electron chi connectivity index (χ3n) is 12.6. The Kier molecular flexibility index (Phi) is 48.9. The van der Waals surface area contributed by atoms with E-state index in [1.165, 1.54) is 173 Å². The van der Waals surface area contributed by atoms with Gasteiger partial charge in [0.25, 0.3) is 7.82 Å². The van der Waals surface area contributed by atoms with Crippen molar-refractivity contribution >= 4 is 19.8 Å². The smallest absolute Gasteiger partial charge is 0.306 e. The molecule has 0 aromatic carbocycles. The number of quaternary nitrogens is 1. The lowest BCUT2D eigenvalue weighted by Gasteiger charge is -2.28. The Bertz CT molecular complexity index is 1250. The maximum Gasteiger partial charge on any atom is 0.306 e. The molecule has 0 N–H and O–H groups in total. The zero-order valence-corrected chi connectivity index (χ0v) is 46.2. The average Bonchev–Trinajstić information content (AvgIpc) is 3.30. The summed E-state index contributed by atoms with van der Waals surface area (Å²) >= 11 is 0. The van der Waals surface area contributed by atoms with Gasteiger partial charge in [-0.05, 0) is 70.6 Å². The standard InChI is InChI=1S/C58H110NO8P/c1-6-8-10-12-14-16-18-20-22-23-24-25-26-27-28-29-30-31-32-33-34-35-37-39-41-43-45-47-49-51-58(61)67-56(55-66-68(62,63)65-53-52-59(3,4)5)54-64-57(60)50-48-46-44-42-40-38-36-21-19-17-15-13-11-9-7-2/h18,20-21,23-24,36,56H,6-17,19,22,25-35,37-55H2,1-5H3/b20-18-,24-23-,36-21-. The summed E-state index contributed by atoms with van der Waals surface area (Å²) in [6, 6.07) is 0. The van der Waals surface area contributed by atoms with E-state index < -0.39 is 26.5 Å². The molecule has 0 radical (unpaired) electrons. The van der Waals surface area contributed by atoms with Gasteiger partial charge in [0.1, 0.15) is 19.8 Å². The third kappa shape index (κ3) is 53.6. The Hall–Kier alpha value is -1.77. The van der Waals surface area contributed by atoms with E-state index in [9.17, 15) is 19.0 Å². The minimum Gasteiger partial charge on any atom is -0.756 e. The number of carbonyl (C=O) groups is 2. The van der Waals surface area contributed by atoms with Gasteiger partial charge in [0.05, 0.1) is 27.7 Å². The van der Waals surface area contributed by atoms with Gasteiger partial charge in [-0.3, -0.25) is 14.2 Å². The molecule has 0 aliphatic carbocycles. The van der Waals surface area contributed by atoms with Crippen molar-refractivity contribution in [2.24, 2.45) is 0 Å². The predicted octanol–water partition coefficient (Wildman–Crippen LogP) is 17.0. The van der Waals surface area contributed by atoms with Crippen LogP contribution in [0.2, 0.25) is 0 Å². The van der Waals surface area contributed by atoms with Gasteiger partial charge in [0, 0.05) is 12.8 Å². The molecule has 2 atom stereocenters. The topological polar surface area (TPSA) is 111 Å². The fourth-order valence-corrected chi connectivity index (χ4v) is 8.88. The van der Waals surface area contributed by atoms with Crippen molar-refractivity contribution in [1.29, 1.82) is 0 Å². The molecule has 0 aliphatic rings. The van der Waals surface area contributed by atoms with Crippen LogP contribution in [0.1, 0.15) is 271 Å². The molecule has 10 heteroatoms. The summed E-state index contributed by atoms with van der Waals surface area (Å²) in [6.07, 6.45) is 60.5. The Labute approximate surface area is 421 Å². The van der Waals surface area contributed by atoms with Gasteiger partial charge in [0.15, 0.2) is 6.10 Å².